The third-order valence-electron chi connectivity index (χ3n) is 3.10. The largest absolute Gasteiger partial charge is 0.383 e. The number of methoxy groups -OCH3 is 1. The van der Waals surface area contributed by atoms with Gasteiger partial charge in [-0.05, 0) is 20.8 Å². The molecule has 0 spiro atoms. The minimum absolute atomic E-state index is 0.0713. The van der Waals surface area contributed by atoms with Crippen molar-refractivity contribution in [3.8, 4) is 0 Å². The van der Waals surface area contributed by atoms with Crippen molar-refractivity contribution in [1.29, 1.82) is 0 Å². The molecule has 114 valence electrons. The summed E-state index contributed by atoms with van der Waals surface area (Å²) in [4.78, 5) is 21.1. The van der Waals surface area contributed by atoms with E-state index in [0.29, 0.717) is 30.4 Å². The number of nitrogens with zero attached hydrogens (tertiary/aromatic N) is 3. The zero-order valence-corrected chi connectivity index (χ0v) is 13.5. The first-order valence-electron chi connectivity index (χ1n) is 6.88. The Bertz CT molecular complexity index is 432. The lowest BCUT2D eigenvalue weighted by Crippen LogP contribution is -2.33. The first kappa shape index (κ1) is 16.7. The van der Waals surface area contributed by atoms with Crippen LogP contribution in [-0.2, 0) is 4.74 Å². The first-order chi connectivity index (χ1) is 9.58. The number of likely N-dealkylation sites (N-methyl/N-ethyl adjacent to an activating group) is 1. The normalized spacial score (nSPS) is 10.6. The second-order valence-corrected chi connectivity index (χ2v) is 5.24. The van der Waals surface area contributed by atoms with Crippen molar-refractivity contribution in [3.63, 3.8) is 0 Å². The Hall–Kier alpha value is -1.34. The van der Waals surface area contributed by atoms with E-state index in [9.17, 15) is 4.79 Å². The van der Waals surface area contributed by atoms with Crippen LogP contribution in [0.1, 0.15) is 30.4 Å². The van der Waals surface area contributed by atoms with Crippen LogP contribution >= 0.6 is 11.3 Å². The highest BCUT2D eigenvalue weighted by Crippen LogP contribution is 2.29. The van der Waals surface area contributed by atoms with Crippen LogP contribution < -0.4 is 10.6 Å². The summed E-state index contributed by atoms with van der Waals surface area (Å²) in [6.07, 6.45) is 0. The number of carbonyl (C=O) groups is 1. The molecule has 20 heavy (non-hydrogen) atoms. The van der Waals surface area contributed by atoms with Crippen molar-refractivity contribution in [3.05, 3.63) is 4.88 Å². The number of amides is 1. The van der Waals surface area contributed by atoms with E-state index >= 15 is 0 Å². The van der Waals surface area contributed by atoms with Crippen molar-refractivity contribution in [2.45, 2.75) is 20.8 Å². The second kappa shape index (κ2) is 8.06. The summed E-state index contributed by atoms with van der Waals surface area (Å²) in [6, 6.07) is 0. The number of thiazole rings is 1. The zero-order chi connectivity index (χ0) is 15.1. The van der Waals surface area contributed by atoms with Crippen molar-refractivity contribution < 1.29 is 9.53 Å². The minimum Gasteiger partial charge on any atom is -0.383 e. The average Bonchev–Trinajstić information content (AvgIpc) is 2.82. The fraction of sp³-hybridized carbons (Fsp3) is 0.692. The molecule has 1 heterocycles. The van der Waals surface area contributed by atoms with E-state index in [-0.39, 0.29) is 5.91 Å². The molecule has 0 unspecified atom stereocenters. The van der Waals surface area contributed by atoms with Crippen molar-refractivity contribution in [2.75, 3.05) is 50.5 Å². The van der Waals surface area contributed by atoms with Gasteiger partial charge in [0.2, 0.25) is 0 Å². The maximum absolute atomic E-state index is 12.5. The number of aromatic nitrogens is 1. The molecule has 1 aromatic heterocycles. The van der Waals surface area contributed by atoms with Crippen LogP contribution in [0.25, 0.3) is 0 Å². The Balaban J connectivity index is 2.92. The molecule has 0 aliphatic rings. The van der Waals surface area contributed by atoms with Crippen LogP contribution in [0, 0.1) is 0 Å². The van der Waals surface area contributed by atoms with Gasteiger partial charge in [-0.1, -0.05) is 11.3 Å². The predicted octanol–water partition coefficient (Wildman–Crippen LogP) is 1.68. The van der Waals surface area contributed by atoms with Gasteiger partial charge in [0.15, 0.2) is 5.13 Å². The number of hydrogen-bond acceptors (Lipinski definition) is 6. The van der Waals surface area contributed by atoms with Gasteiger partial charge in [0, 0.05) is 33.3 Å². The van der Waals surface area contributed by atoms with Gasteiger partial charge in [-0.15, -0.1) is 0 Å². The van der Waals surface area contributed by atoms with Gasteiger partial charge in [-0.2, -0.15) is 0 Å². The highest BCUT2D eigenvalue weighted by atomic mass is 32.1. The molecule has 7 heteroatoms. The smallest absolute Gasteiger partial charge is 0.267 e. The van der Waals surface area contributed by atoms with Crippen LogP contribution in [-0.4, -0.2) is 55.7 Å². The molecule has 0 saturated heterocycles. The van der Waals surface area contributed by atoms with E-state index in [2.05, 4.69) is 23.7 Å². The van der Waals surface area contributed by atoms with E-state index < -0.39 is 0 Å². The molecule has 0 aliphatic carbocycles. The summed E-state index contributed by atoms with van der Waals surface area (Å²) in [5.74, 6) is 0.246. The molecule has 1 amide bonds. The number of hydrogen-bond donors (Lipinski definition) is 1. The lowest BCUT2D eigenvalue weighted by Gasteiger charge is -2.19. The standard InChI is InChI=1S/C13H24N4O2S/c1-5-16(6-2)13-15-11(14)10(20-13)12(18)17(7-3)8-9-19-4/h5-9,14H2,1-4H3. The lowest BCUT2D eigenvalue weighted by atomic mass is 10.4. The molecular formula is C13H24N4O2S. The Kier molecular flexibility index (Phi) is 6.74. The zero-order valence-electron chi connectivity index (χ0n) is 12.7. The van der Waals surface area contributed by atoms with E-state index in [0.717, 1.165) is 18.2 Å². The average molecular weight is 300 g/mol. The van der Waals surface area contributed by atoms with Crippen LogP contribution in [0.2, 0.25) is 0 Å². The molecule has 1 aromatic rings. The van der Waals surface area contributed by atoms with Crippen LogP contribution in [0.3, 0.4) is 0 Å². The number of nitrogen functional groups attached to an aromatic ring is 1. The van der Waals surface area contributed by atoms with Gasteiger partial charge in [0.05, 0.1) is 6.61 Å². The summed E-state index contributed by atoms with van der Waals surface area (Å²) >= 11 is 1.36. The van der Waals surface area contributed by atoms with E-state index in [4.69, 9.17) is 10.5 Å². The number of carbonyl (C=O) groups excluding carboxylic acids is 1. The van der Waals surface area contributed by atoms with Crippen molar-refractivity contribution in [2.24, 2.45) is 0 Å². The summed E-state index contributed by atoms with van der Waals surface area (Å²) in [5, 5.41) is 0.804. The maximum Gasteiger partial charge on any atom is 0.267 e. The minimum atomic E-state index is -0.0713. The van der Waals surface area contributed by atoms with Gasteiger partial charge >= 0.3 is 0 Å². The molecule has 0 fully saturated rings. The van der Waals surface area contributed by atoms with E-state index in [1.165, 1.54) is 11.3 Å². The second-order valence-electron chi connectivity index (χ2n) is 4.26. The molecule has 0 saturated carbocycles. The number of anilines is 2. The Labute approximate surface area is 124 Å². The molecule has 0 radical (unpaired) electrons. The molecule has 1 rings (SSSR count). The lowest BCUT2D eigenvalue weighted by molar-refractivity contribution is 0.0712. The van der Waals surface area contributed by atoms with Gasteiger partial charge < -0.3 is 20.3 Å². The molecule has 6 nitrogen and oxygen atoms in total. The quantitative estimate of drug-likeness (QED) is 0.791. The Morgan fingerprint density at radius 3 is 2.45 bits per heavy atom. The third-order valence-corrected chi connectivity index (χ3v) is 4.22. The van der Waals surface area contributed by atoms with Gasteiger partial charge in [-0.25, -0.2) is 4.98 Å². The molecule has 0 bridgehead atoms. The van der Waals surface area contributed by atoms with Crippen LogP contribution in [0.15, 0.2) is 0 Å². The summed E-state index contributed by atoms with van der Waals surface area (Å²) in [6.45, 7) is 9.44. The monoisotopic (exact) mass is 300 g/mol. The molecule has 0 aromatic carbocycles. The van der Waals surface area contributed by atoms with Crippen LogP contribution in [0.5, 0.6) is 0 Å². The Morgan fingerprint density at radius 2 is 1.95 bits per heavy atom. The van der Waals surface area contributed by atoms with Gasteiger partial charge in [-0.3, -0.25) is 4.79 Å². The first-order valence-corrected chi connectivity index (χ1v) is 7.70. The van der Waals surface area contributed by atoms with E-state index in [1.807, 2.05) is 6.92 Å². The fourth-order valence-corrected chi connectivity index (χ4v) is 2.93. The van der Waals surface area contributed by atoms with Gasteiger partial charge in [0.1, 0.15) is 10.7 Å². The highest BCUT2D eigenvalue weighted by Gasteiger charge is 2.22. The summed E-state index contributed by atoms with van der Waals surface area (Å²) in [5.41, 5.74) is 5.90. The summed E-state index contributed by atoms with van der Waals surface area (Å²) < 4.78 is 5.02. The summed E-state index contributed by atoms with van der Waals surface area (Å²) in [7, 11) is 1.62. The van der Waals surface area contributed by atoms with Crippen LogP contribution in [0.4, 0.5) is 10.9 Å². The third kappa shape index (κ3) is 3.83. The van der Waals surface area contributed by atoms with Crippen molar-refractivity contribution >= 4 is 28.2 Å². The molecule has 0 atom stereocenters. The van der Waals surface area contributed by atoms with E-state index in [1.54, 1.807) is 12.0 Å². The number of ether oxygens (including phenoxy) is 1. The molecule has 0 aliphatic heterocycles. The predicted molar refractivity (Wildman–Crippen MR) is 83.5 cm³/mol. The maximum atomic E-state index is 12.5. The number of nitrogens with two attached hydrogens (primary N) is 1. The highest BCUT2D eigenvalue weighted by molar-refractivity contribution is 7.18. The van der Waals surface area contributed by atoms with Crippen molar-refractivity contribution in [1.82, 2.24) is 9.88 Å². The van der Waals surface area contributed by atoms with Gasteiger partial charge in [0.25, 0.3) is 5.91 Å². The SMILES string of the molecule is CCN(CCOC)C(=O)c1sc(N(CC)CC)nc1N. The number of rotatable bonds is 8. The molecular weight excluding hydrogens is 276 g/mol. The molecule has 2 N–H and O–H groups in total. The topological polar surface area (TPSA) is 71.7 Å². The fourth-order valence-electron chi connectivity index (χ4n) is 1.85. The Morgan fingerprint density at radius 1 is 1.30 bits per heavy atom.